The number of nitro benzene ring substituents is 1. The summed E-state index contributed by atoms with van der Waals surface area (Å²) in [6.45, 7) is 1.28. The lowest BCUT2D eigenvalue weighted by molar-refractivity contribution is -0.384. The molecule has 0 saturated carbocycles. The molecule has 2 rings (SSSR count). The Morgan fingerprint density at radius 2 is 2.11 bits per heavy atom. The quantitative estimate of drug-likeness (QED) is 0.634. The Labute approximate surface area is 111 Å². The van der Waals surface area contributed by atoms with Crippen LogP contribution in [0.4, 0.5) is 5.69 Å². The van der Waals surface area contributed by atoms with E-state index in [1.807, 2.05) is 0 Å². The van der Waals surface area contributed by atoms with Crippen molar-refractivity contribution in [2.45, 2.75) is 31.8 Å². The summed E-state index contributed by atoms with van der Waals surface area (Å²) in [5.41, 5.74) is 0.916. The summed E-state index contributed by atoms with van der Waals surface area (Å²) in [7, 11) is 0. The monoisotopic (exact) mass is 263 g/mol. The third kappa shape index (κ3) is 3.75. The normalized spacial score (nSPS) is 18.8. The summed E-state index contributed by atoms with van der Waals surface area (Å²) >= 11 is 0. The van der Waals surface area contributed by atoms with E-state index in [1.54, 1.807) is 12.1 Å². The molecule has 0 spiro atoms. The van der Waals surface area contributed by atoms with Crippen LogP contribution < -0.4 is 10.6 Å². The first-order valence-corrected chi connectivity index (χ1v) is 6.41. The van der Waals surface area contributed by atoms with Crippen molar-refractivity contribution < 1.29 is 9.72 Å². The summed E-state index contributed by atoms with van der Waals surface area (Å²) in [6.07, 6.45) is 3.06. The van der Waals surface area contributed by atoms with Gasteiger partial charge in [0, 0.05) is 18.7 Å². The number of nitro groups is 1. The molecule has 1 aliphatic heterocycles. The fourth-order valence-electron chi connectivity index (χ4n) is 2.12. The van der Waals surface area contributed by atoms with Crippen LogP contribution in [0.15, 0.2) is 24.3 Å². The first-order chi connectivity index (χ1) is 9.16. The summed E-state index contributed by atoms with van der Waals surface area (Å²) < 4.78 is 0. The van der Waals surface area contributed by atoms with Crippen molar-refractivity contribution >= 4 is 11.6 Å². The Balaban J connectivity index is 1.84. The molecule has 1 saturated heterocycles. The van der Waals surface area contributed by atoms with Crippen LogP contribution in [0.5, 0.6) is 0 Å². The number of carbonyl (C=O) groups excluding carboxylic acids is 1. The number of benzene rings is 1. The lowest BCUT2D eigenvalue weighted by Crippen LogP contribution is -2.46. The second kappa shape index (κ2) is 6.29. The summed E-state index contributed by atoms with van der Waals surface area (Å²) in [4.78, 5) is 21.9. The molecule has 6 heteroatoms. The first-order valence-electron chi connectivity index (χ1n) is 6.41. The molecule has 6 nitrogen and oxygen atoms in total. The molecule has 0 radical (unpaired) electrons. The molecule has 2 N–H and O–H groups in total. The second-order valence-electron chi connectivity index (χ2n) is 4.64. The molecular weight excluding hydrogens is 246 g/mol. The van der Waals surface area contributed by atoms with Crippen LogP contribution in [0.25, 0.3) is 0 Å². The number of rotatable bonds is 4. The molecule has 1 amide bonds. The van der Waals surface area contributed by atoms with E-state index in [0.29, 0.717) is 6.54 Å². The molecule has 102 valence electrons. The number of amides is 1. The zero-order valence-corrected chi connectivity index (χ0v) is 10.6. The third-order valence-corrected chi connectivity index (χ3v) is 3.24. The maximum atomic E-state index is 11.9. The van der Waals surface area contributed by atoms with Crippen molar-refractivity contribution in [3.05, 3.63) is 39.9 Å². The second-order valence-corrected chi connectivity index (χ2v) is 4.64. The van der Waals surface area contributed by atoms with E-state index in [4.69, 9.17) is 0 Å². The van der Waals surface area contributed by atoms with Gasteiger partial charge in [-0.3, -0.25) is 14.9 Å². The van der Waals surface area contributed by atoms with E-state index in [0.717, 1.165) is 31.4 Å². The van der Waals surface area contributed by atoms with Gasteiger partial charge in [-0.2, -0.15) is 0 Å². The Morgan fingerprint density at radius 1 is 1.37 bits per heavy atom. The third-order valence-electron chi connectivity index (χ3n) is 3.24. The molecule has 1 aliphatic rings. The Hall–Kier alpha value is -1.95. The number of nitrogens with zero attached hydrogens (tertiary/aromatic N) is 1. The van der Waals surface area contributed by atoms with Crippen molar-refractivity contribution in [3.63, 3.8) is 0 Å². The molecule has 19 heavy (non-hydrogen) atoms. The Bertz CT molecular complexity index is 453. The minimum absolute atomic E-state index is 0.00180. The highest BCUT2D eigenvalue weighted by Crippen LogP contribution is 2.12. The molecule has 0 aliphatic carbocycles. The lowest BCUT2D eigenvalue weighted by atomic mass is 10.0. The zero-order valence-electron chi connectivity index (χ0n) is 10.6. The van der Waals surface area contributed by atoms with Crippen molar-refractivity contribution in [1.82, 2.24) is 10.6 Å². The van der Waals surface area contributed by atoms with E-state index in [-0.39, 0.29) is 17.6 Å². The van der Waals surface area contributed by atoms with Gasteiger partial charge in [0.05, 0.1) is 11.0 Å². The van der Waals surface area contributed by atoms with Gasteiger partial charge in [0.2, 0.25) is 5.91 Å². The number of nitrogens with one attached hydrogen (secondary N) is 2. The number of hydrogen-bond acceptors (Lipinski definition) is 4. The molecular formula is C13H17N3O3. The predicted octanol–water partition coefficient (Wildman–Crippen LogP) is 1.35. The molecule has 1 unspecified atom stereocenters. The van der Waals surface area contributed by atoms with Crippen molar-refractivity contribution in [2.24, 2.45) is 0 Å². The smallest absolute Gasteiger partial charge is 0.269 e. The van der Waals surface area contributed by atoms with Crippen molar-refractivity contribution in [3.8, 4) is 0 Å². The SMILES string of the molecule is O=C(NCc1ccc([N+](=O)[O-])cc1)C1CCCCN1. The highest BCUT2D eigenvalue weighted by molar-refractivity contribution is 5.81. The van der Waals surface area contributed by atoms with Crippen LogP contribution in [-0.4, -0.2) is 23.4 Å². The maximum Gasteiger partial charge on any atom is 0.269 e. The van der Waals surface area contributed by atoms with Crippen LogP contribution in [0, 0.1) is 10.1 Å². The van der Waals surface area contributed by atoms with E-state index in [2.05, 4.69) is 10.6 Å². The highest BCUT2D eigenvalue weighted by atomic mass is 16.6. The molecule has 0 bridgehead atoms. The summed E-state index contributed by atoms with van der Waals surface area (Å²) in [5.74, 6) is -0.00180. The number of piperidine rings is 1. The van der Waals surface area contributed by atoms with Crippen LogP contribution in [0.3, 0.4) is 0 Å². The van der Waals surface area contributed by atoms with Gasteiger partial charge in [0.15, 0.2) is 0 Å². The maximum absolute atomic E-state index is 11.9. The fourth-order valence-corrected chi connectivity index (χ4v) is 2.12. The van der Waals surface area contributed by atoms with Crippen molar-refractivity contribution in [1.29, 1.82) is 0 Å². The molecule has 1 atom stereocenters. The van der Waals surface area contributed by atoms with E-state index in [1.165, 1.54) is 12.1 Å². The Morgan fingerprint density at radius 3 is 2.68 bits per heavy atom. The predicted molar refractivity (Wildman–Crippen MR) is 70.6 cm³/mol. The molecule has 1 heterocycles. The van der Waals surface area contributed by atoms with Gasteiger partial charge in [0.25, 0.3) is 5.69 Å². The summed E-state index contributed by atoms with van der Waals surface area (Å²) in [5, 5.41) is 16.5. The fraction of sp³-hybridized carbons (Fsp3) is 0.462. The largest absolute Gasteiger partial charge is 0.351 e. The highest BCUT2D eigenvalue weighted by Gasteiger charge is 2.19. The van der Waals surface area contributed by atoms with Crippen LogP contribution in [-0.2, 0) is 11.3 Å². The average Bonchev–Trinajstić information content (AvgIpc) is 2.46. The minimum atomic E-state index is -0.436. The molecule has 0 aromatic heterocycles. The van der Waals surface area contributed by atoms with Gasteiger partial charge in [0.1, 0.15) is 0 Å². The van der Waals surface area contributed by atoms with E-state index in [9.17, 15) is 14.9 Å². The standard InChI is InChI=1S/C13H17N3O3/c17-13(12-3-1-2-8-14-12)15-9-10-4-6-11(7-5-10)16(18)19/h4-7,12,14H,1-3,8-9H2,(H,15,17). The lowest BCUT2D eigenvalue weighted by Gasteiger charge is -2.22. The number of hydrogen-bond donors (Lipinski definition) is 2. The molecule has 1 fully saturated rings. The van der Waals surface area contributed by atoms with Crippen LogP contribution in [0.2, 0.25) is 0 Å². The molecule has 1 aromatic rings. The summed E-state index contributed by atoms with van der Waals surface area (Å²) in [6, 6.07) is 6.10. The minimum Gasteiger partial charge on any atom is -0.351 e. The van der Waals surface area contributed by atoms with Gasteiger partial charge in [-0.15, -0.1) is 0 Å². The zero-order chi connectivity index (χ0) is 13.7. The number of non-ortho nitro benzene ring substituents is 1. The topological polar surface area (TPSA) is 84.3 Å². The van der Waals surface area contributed by atoms with Gasteiger partial charge >= 0.3 is 0 Å². The first kappa shape index (κ1) is 13.5. The average molecular weight is 263 g/mol. The number of carbonyl (C=O) groups is 1. The van der Waals surface area contributed by atoms with Gasteiger partial charge in [-0.25, -0.2) is 0 Å². The van der Waals surface area contributed by atoms with Crippen molar-refractivity contribution in [2.75, 3.05) is 6.54 Å². The Kier molecular flexibility index (Phi) is 4.46. The van der Waals surface area contributed by atoms with E-state index >= 15 is 0 Å². The van der Waals surface area contributed by atoms with Crippen LogP contribution in [0.1, 0.15) is 24.8 Å². The van der Waals surface area contributed by atoms with Gasteiger partial charge in [-0.1, -0.05) is 18.6 Å². The van der Waals surface area contributed by atoms with E-state index < -0.39 is 4.92 Å². The van der Waals surface area contributed by atoms with Gasteiger partial charge in [-0.05, 0) is 24.9 Å². The van der Waals surface area contributed by atoms with Crippen LogP contribution >= 0.6 is 0 Å². The van der Waals surface area contributed by atoms with Gasteiger partial charge < -0.3 is 10.6 Å². The molecule has 1 aromatic carbocycles.